The highest BCUT2D eigenvalue weighted by molar-refractivity contribution is 5.42. The molecule has 1 atom stereocenters. The average Bonchev–Trinajstić information content (AvgIpc) is 2.89. The lowest BCUT2D eigenvalue weighted by Gasteiger charge is -2.17. The second kappa shape index (κ2) is 5.04. The van der Waals surface area contributed by atoms with E-state index in [9.17, 15) is 0 Å². The van der Waals surface area contributed by atoms with Crippen LogP contribution < -0.4 is 10.2 Å². The van der Waals surface area contributed by atoms with E-state index in [-0.39, 0.29) is 0 Å². The topological polar surface area (TPSA) is 41.0 Å². The standard InChI is InChI=1S/C14H16N4/c1-3-8-15-13(5-1)17-12-7-10-18(11-12)14-6-2-4-9-16-14/h1-6,8-9,12H,7,10-11H2,(H,15,17). The van der Waals surface area contributed by atoms with E-state index in [1.54, 1.807) is 0 Å². The summed E-state index contributed by atoms with van der Waals surface area (Å²) in [5, 5.41) is 3.46. The molecule has 2 aromatic rings. The van der Waals surface area contributed by atoms with Crippen molar-refractivity contribution < 1.29 is 0 Å². The number of hydrogen-bond donors (Lipinski definition) is 1. The number of rotatable bonds is 3. The second-order valence-corrected chi connectivity index (χ2v) is 4.48. The average molecular weight is 240 g/mol. The normalized spacial score (nSPS) is 18.9. The van der Waals surface area contributed by atoms with Crippen LogP contribution in [0.5, 0.6) is 0 Å². The number of anilines is 2. The van der Waals surface area contributed by atoms with E-state index in [1.165, 1.54) is 0 Å². The molecule has 0 aromatic carbocycles. The zero-order chi connectivity index (χ0) is 12.2. The predicted molar refractivity (Wildman–Crippen MR) is 72.7 cm³/mol. The molecule has 0 amide bonds. The number of aromatic nitrogens is 2. The molecule has 1 saturated heterocycles. The van der Waals surface area contributed by atoms with Crippen LogP contribution in [0.3, 0.4) is 0 Å². The molecule has 0 bridgehead atoms. The first-order chi connectivity index (χ1) is 8.92. The van der Waals surface area contributed by atoms with Gasteiger partial charge >= 0.3 is 0 Å². The Bertz CT molecular complexity index is 486. The van der Waals surface area contributed by atoms with Gasteiger partial charge in [0.15, 0.2) is 0 Å². The molecule has 2 aromatic heterocycles. The summed E-state index contributed by atoms with van der Waals surface area (Å²) in [6.45, 7) is 2.02. The SMILES string of the molecule is c1ccc(NC2CCN(c3ccccn3)C2)nc1. The molecule has 0 aliphatic carbocycles. The van der Waals surface area contributed by atoms with E-state index < -0.39 is 0 Å². The van der Waals surface area contributed by atoms with Crippen molar-refractivity contribution in [3.05, 3.63) is 48.8 Å². The zero-order valence-electron chi connectivity index (χ0n) is 10.2. The van der Waals surface area contributed by atoms with Crippen molar-refractivity contribution in [1.29, 1.82) is 0 Å². The lowest BCUT2D eigenvalue weighted by molar-refractivity contribution is 0.800. The summed E-state index contributed by atoms with van der Waals surface area (Å²) < 4.78 is 0. The van der Waals surface area contributed by atoms with E-state index in [4.69, 9.17) is 0 Å². The van der Waals surface area contributed by atoms with Crippen LogP contribution in [0, 0.1) is 0 Å². The fourth-order valence-electron chi connectivity index (χ4n) is 2.28. The molecule has 4 nitrogen and oxygen atoms in total. The van der Waals surface area contributed by atoms with E-state index in [2.05, 4.69) is 26.3 Å². The molecule has 3 heterocycles. The van der Waals surface area contributed by atoms with Gasteiger partial charge in [0.05, 0.1) is 0 Å². The van der Waals surface area contributed by atoms with Crippen LogP contribution in [0.15, 0.2) is 48.8 Å². The van der Waals surface area contributed by atoms with Gasteiger partial charge in [-0.15, -0.1) is 0 Å². The van der Waals surface area contributed by atoms with E-state index in [0.717, 1.165) is 31.1 Å². The molecule has 1 aliphatic rings. The zero-order valence-corrected chi connectivity index (χ0v) is 10.2. The maximum Gasteiger partial charge on any atom is 0.128 e. The lowest BCUT2D eigenvalue weighted by Crippen LogP contribution is -2.26. The third-order valence-electron chi connectivity index (χ3n) is 3.18. The minimum absolute atomic E-state index is 0.446. The molecule has 18 heavy (non-hydrogen) atoms. The summed E-state index contributed by atoms with van der Waals surface area (Å²) >= 11 is 0. The van der Waals surface area contributed by atoms with Gasteiger partial charge in [-0.05, 0) is 30.7 Å². The fraction of sp³-hybridized carbons (Fsp3) is 0.286. The molecule has 1 N–H and O–H groups in total. The summed E-state index contributed by atoms with van der Waals surface area (Å²) in [5.41, 5.74) is 0. The van der Waals surface area contributed by atoms with E-state index in [1.807, 2.05) is 42.7 Å². The molecule has 1 unspecified atom stereocenters. The fourth-order valence-corrected chi connectivity index (χ4v) is 2.28. The minimum atomic E-state index is 0.446. The molecule has 0 saturated carbocycles. The highest BCUT2D eigenvalue weighted by atomic mass is 15.2. The van der Waals surface area contributed by atoms with Crippen molar-refractivity contribution in [2.75, 3.05) is 23.3 Å². The van der Waals surface area contributed by atoms with E-state index >= 15 is 0 Å². The highest BCUT2D eigenvalue weighted by Gasteiger charge is 2.23. The smallest absolute Gasteiger partial charge is 0.128 e. The minimum Gasteiger partial charge on any atom is -0.365 e. The summed E-state index contributed by atoms with van der Waals surface area (Å²) in [5.74, 6) is 2.01. The predicted octanol–water partition coefficient (Wildman–Crippen LogP) is 2.17. The number of nitrogens with zero attached hydrogens (tertiary/aromatic N) is 3. The van der Waals surface area contributed by atoms with Crippen LogP contribution in [-0.2, 0) is 0 Å². The largest absolute Gasteiger partial charge is 0.365 e. The van der Waals surface area contributed by atoms with Crippen molar-refractivity contribution in [3.8, 4) is 0 Å². The first kappa shape index (κ1) is 11.0. The Hall–Kier alpha value is -2.10. The molecule has 0 spiro atoms. The van der Waals surface area contributed by atoms with Gasteiger partial charge in [-0.2, -0.15) is 0 Å². The van der Waals surface area contributed by atoms with Gasteiger partial charge in [0, 0.05) is 31.5 Å². The molecular weight excluding hydrogens is 224 g/mol. The third kappa shape index (κ3) is 2.42. The van der Waals surface area contributed by atoms with Crippen molar-refractivity contribution in [1.82, 2.24) is 9.97 Å². The Kier molecular flexibility index (Phi) is 3.08. The Morgan fingerprint density at radius 2 is 1.89 bits per heavy atom. The van der Waals surface area contributed by atoms with Crippen LogP contribution in [0.4, 0.5) is 11.6 Å². The van der Waals surface area contributed by atoms with Gasteiger partial charge < -0.3 is 10.2 Å². The van der Waals surface area contributed by atoms with Gasteiger partial charge in [-0.25, -0.2) is 9.97 Å². The van der Waals surface area contributed by atoms with Crippen LogP contribution in [-0.4, -0.2) is 29.1 Å². The molecule has 1 aliphatic heterocycles. The monoisotopic (exact) mass is 240 g/mol. The van der Waals surface area contributed by atoms with Crippen molar-refractivity contribution >= 4 is 11.6 Å². The molecular formula is C14H16N4. The van der Waals surface area contributed by atoms with Crippen molar-refractivity contribution in [2.24, 2.45) is 0 Å². The van der Waals surface area contributed by atoms with Crippen molar-refractivity contribution in [2.45, 2.75) is 12.5 Å². The highest BCUT2D eigenvalue weighted by Crippen LogP contribution is 2.19. The Balaban J connectivity index is 1.62. The number of hydrogen-bond acceptors (Lipinski definition) is 4. The molecule has 4 heteroatoms. The number of nitrogens with one attached hydrogen (secondary N) is 1. The van der Waals surface area contributed by atoms with Gasteiger partial charge in [-0.1, -0.05) is 12.1 Å². The molecule has 92 valence electrons. The third-order valence-corrected chi connectivity index (χ3v) is 3.18. The first-order valence-corrected chi connectivity index (χ1v) is 6.25. The van der Waals surface area contributed by atoms with Gasteiger partial charge in [-0.3, -0.25) is 0 Å². The maximum atomic E-state index is 4.38. The lowest BCUT2D eigenvalue weighted by atomic mass is 10.2. The van der Waals surface area contributed by atoms with E-state index in [0.29, 0.717) is 6.04 Å². The summed E-state index contributed by atoms with van der Waals surface area (Å²) in [7, 11) is 0. The number of pyridine rings is 2. The molecule has 3 rings (SSSR count). The maximum absolute atomic E-state index is 4.38. The first-order valence-electron chi connectivity index (χ1n) is 6.25. The Morgan fingerprint density at radius 1 is 1.06 bits per heavy atom. The summed E-state index contributed by atoms with van der Waals surface area (Å²) in [6, 6.07) is 12.4. The van der Waals surface area contributed by atoms with Crippen LogP contribution >= 0.6 is 0 Å². The summed E-state index contributed by atoms with van der Waals surface area (Å²) in [6.07, 6.45) is 4.77. The quantitative estimate of drug-likeness (QED) is 0.892. The van der Waals surface area contributed by atoms with Crippen LogP contribution in [0.1, 0.15) is 6.42 Å². The van der Waals surface area contributed by atoms with Crippen LogP contribution in [0.25, 0.3) is 0 Å². The van der Waals surface area contributed by atoms with Crippen LogP contribution in [0.2, 0.25) is 0 Å². The summed E-state index contributed by atoms with van der Waals surface area (Å²) in [4.78, 5) is 11.0. The van der Waals surface area contributed by atoms with Gasteiger partial charge in [0.25, 0.3) is 0 Å². The Labute approximate surface area is 107 Å². The second-order valence-electron chi connectivity index (χ2n) is 4.48. The molecule has 1 fully saturated rings. The van der Waals surface area contributed by atoms with Gasteiger partial charge in [0.1, 0.15) is 11.6 Å². The van der Waals surface area contributed by atoms with Gasteiger partial charge in [0.2, 0.25) is 0 Å². The molecule has 0 radical (unpaired) electrons. The van der Waals surface area contributed by atoms with Crippen molar-refractivity contribution in [3.63, 3.8) is 0 Å². The Morgan fingerprint density at radius 3 is 2.61 bits per heavy atom.